The number of carbonyl (C=O) groups excluding carboxylic acids is 1. The van der Waals surface area contributed by atoms with E-state index in [2.05, 4.69) is 20.2 Å². The Morgan fingerprint density at radius 3 is 2.88 bits per heavy atom. The minimum absolute atomic E-state index is 0.296. The van der Waals surface area contributed by atoms with Crippen LogP contribution in [0.3, 0.4) is 0 Å². The van der Waals surface area contributed by atoms with E-state index in [1.54, 1.807) is 31.5 Å². The van der Waals surface area contributed by atoms with Gasteiger partial charge in [-0.25, -0.2) is 14.8 Å². The summed E-state index contributed by atoms with van der Waals surface area (Å²) in [4.78, 5) is 19.4. The first kappa shape index (κ1) is 10.3. The van der Waals surface area contributed by atoms with Gasteiger partial charge in [0.1, 0.15) is 11.4 Å². The van der Waals surface area contributed by atoms with Gasteiger partial charge in [-0.3, -0.25) is 5.10 Å². The van der Waals surface area contributed by atoms with Crippen LogP contribution in [0.5, 0.6) is 0 Å². The van der Waals surface area contributed by atoms with E-state index in [-0.39, 0.29) is 0 Å². The second-order valence-corrected chi connectivity index (χ2v) is 2.96. The third-order valence-corrected chi connectivity index (χ3v) is 1.87. The lowest BCUT2D eigenvalue weighted by molar-refractivity contribution is 0.0519. The van der Waals surface area contributed by atoms with Gasteiger partial charge in [0.2, 0.25) is 0 Å². The van der Waals surface area contributed by atoms with Crippen LogP contribution in [-0.4, -0.2) is 32.7 Å². The molecular formula is C10H10N4O2. The predicted octanol–water partition coefficient (Wildman–Crippen LogP) is 1.04. The molecule has 0 aromatic carbocycles. The zero-order valence-corrected chi connectivity index (χ0v) is 8.67. The predicted molar refractivity (Wildman–Crippen MR) is 55.6 cm³/mol. The van der Waals surface area contributed by atoms with E-state index < -0.39 is 5.97 Å². The molecule has 6 heteroatoms. The summed E-state index contributed by atoms with van der Waals surface area (Å²) in [5.74, 6) is 0.0338. The van der Waals surface area contributed by atoms with Crippen LogP contribution in [0.4, 0.5) is 0 Å². The summed E-state index contributed by atoms with van der Waals surface area (Å²) in [7, 11) is 0. The number of H-pyrrole nitrogens is 1. The average molecular weight is 218 g/mol. The van der Waals surface area contributed by atoms with Crippen molar-refractivity contribution in [2.75, 3.05) is 6.61 Å². The molecule has 1 N–H and O–H groups in total. The molecule has 0 amide bonds. The molecule has 82 valence electrons. The summed E-state index contributed by atoms with van der Waals surface area (Å²) in [6.07, 6.45) is 3.22. The Labute approximate surface area is 91.7 Å². The van der Waals surface area contributed by atoms with Crippen LogP contribution >= 0.6 is 0 Å². The minimum Gasteiger partial charge on any atom is -0.461 e. The second kappa shape index (κ2) is 4.52. The number of nitrogens with zero attached hydrogens (tertiary/aromatic N) is 3. The van der Waals surface area contributed by atoms with Gasteiger partial charge in [-0.2, -0.15) is 5.10 Å². The number of hydrogen-bond donors (Lipinski definition) is 1. The highest BCUT2D eigenvalue weighted by atomic mass is 16.5. The van der Waals surface area contributed by atoms with Crippen LogP contribution < -0.4 is 0 Å². The fourth-order valence-corrected chi connectivity index (χ4v) is 1.18. The van der Waals surface area contributed by atoms with Crippen molar-refractivity contribution in [2.45, 2.75) is 6.92 Å². The number of aromatic nitrogens is 4. The molecule has 0 atom stereocenters. The molecule has 0 fully saturated rings. The number of esters is 1. The third kappa shape index (κ3) is 2.05. The Hall–Kier alpha value is -2.24. The van der Waals surface area contributed by atoms with E-state index in [1.807, 2.05) is 0 Å². The average Bonchev–Trinajstić information content (AvgIpc) is 2.80. The molecule has 2 aromatic heterocycles. The maximum atomic E-state index is 11.4. The lowest BCUT2D eigenvalue weighted by Crippen LogP contribution is -2.04. The minimum atomic E-state index is -0.433. The van der Waals surface area contributed by atoms with Gasteiger partial charge in [-0.1, -0.05) is 0 Å². The van der Waals surface area contributed by atoms with Gasteiger partial charge in [-0.05, 0) is 13.0 Å². The molecular weight excluding hydrogens is 208 g/mol. The number of rotatable bonds is 3. The smallest absolute Gasteiger partial charge is 0.356 e. The Morgan fingerprint density at radius 1 is 1.44 bits per heavy atom. The summed E-state index contributed by atoms with van der Waals surface area (Å²) in [5.41, 5.74) is 0.813. The molecule has 2 rings (SSSR count). The summed E-state index contributed by atoms with van der Waals surface area (Å²) in [6, 6.07) is 3.27. The molecule has 2 heterocycles. The summed E-state index contributed by atoms with van der Waals surface area (Å²) in [6.45, 7) is 2.07. The van der Waals surface area contributed by atoms with Crippen molar-refractivity contribution >= 4 is 5.97 Å². The van der Waals surface area contributed by atoms with E-state index in [4.69, 9.17) is 4.74 Å². The first-order chi connectivity index (χ1) is 7.81. The van der Waals surface area contributed by atoms with Gasteiger partial charge >= 0.3 is 5.97 Å². The lowest BCUT2D eigenvalue weighted by Gasteiger charge is -1.95. The van der Waals surface area contributed by atoms with Crippen molar-refractivity contribution in [1.82, 2.24) is 20.2 Å². The standard InChI is InChI=1S/C10H10N4O2/c1-2-16-10(15)8-6-7(13-14-8)9-11-4-3-5-12-9/h3-6H,2H2,1H3,(H,13,14). The van der Waals surface area contributed by atoms with E-state index in [1.165, 1.54) is 0 Å². The fraction of sp³-hybridized carbons (Fsp3) is 0.200. The molecule has 2 aromatic rings. The van der Waals surface area contributed by atoms with Crippen LogP contribution in [0.25, 0.3) is 11.5 Å². The summed E-state index contributed by atoms with van der Waals surface area (Å²) in [5, 5.41) is 6.52. The SMILES string of the molecule is CCOC(=O)c1cc(-c2ncccn2)n[nH]1. The van der Waals surface area contributed by atoms with Crippen molar-refractivity contribution in [3.05, 3.63) is 30.2 Å². The summed E-state index contributed by atoms with van der Waals surface area (Å²) >= 11 is 0. The number of ether oxygens (including phenoxy) is 1. The highest BCUT2D eigenvalue weighted by Crippen LogP contribution is 2.11. The lowest BCUT2D eigenvalue weighted by atomic mass is 10.3. The normalized spacial score (nSPS) is 10.1. The molecule has 16 heavy (non-hydrogen) atoms. The van der Waals surface area contributed by atoms with E-state index >= 15 is 0 Å². The Morgan fingerprint density at radius 2 is 2.19 bits per heavy atom. The zero-order valence-electron chi connectivity index (χ0n) is 8.67. The van der Waals surface area contributed by atoms with Gasteiger partial charge in [0.25, 0.3) is 0 Å². The van der Waals surface area contributed by atoms with Crippen LogP contribution in [0.1, 0.15) is 17.4 Å². The molecule has 0 saturated carbocycles. The largest absolute Gasteiger partial charge is 0.461 e. The number of hydrogen-bond acceptors (Lipinski definition) is 5. The van der Waals surface area contributed by atoms with Crippen LogP contribution in [0, 0.1) is 0 Å². The van der Waals surface area contributed by atoms with Crippen LogP contribution in [-0.2, 0) is 4.74 Å². The molecule has 0 bridgehead atoms. The molecule has 0 spiro atoms. The van der Waals surface area contributed by atoms with Crippen molar-refractivity contribution in [3.8, 4) is 11.5 Å². The summed E-state index contributed by atoms with van der Waals surface area (Å²) < 4.78 is 4.83. The molecule has 0 aliphatic rings. The van der Waals surface area contributed by atoms with Gasteiger partial charge in [0.05, 0.1) is 6.61 Å². The molecule has 0 aliphatic heterocycles. The second-order valence-electron chi connectivity index (χ2n) is 2.96. The third-order valence-electron chi connectivity index (χ3n) is 1.87. The number of aromatic amines is 1. The topological polar surface area (TPSA) is 80.8 Å². The quantitative estimate of drug-likeness (QED) is 0.778. The van der Waals surface area contributed by atoms with Gasteiger partial charge in [0.15, 0.2) is 5.82 Å². The highest BCUT2D eigenvalue weighted by molar-refractivity contribution is 5.88. The van der Waals surface area contributed by atoms with Crippen molar-refractivity contribution in [1.29, 1.82) is 0 Å². The van der Waals surface area contributed by atoms with Crippen LogP contribution in [0.2, 0.25) is 0 Å². The maximum absolute atomic E-state index is 11.4. The van der Waals surface area contributed by atoms with E-state index in [0.717, 1.165) is 0 Å². The van der Waals surface area contributed by atoms with Gasteiger partial charge < -0.3 is 4.74 Å². The van der Waals surface area contributed by atoms with Gasteiger partial charge in [-0.15, -0.1) is 0 Å². The van der Waals surface area contributed by atoms with E-state index in [9.17, 15) is 4.79 Å². The Bertz CT molecular complexity index is 481. The maximum Gasteiger partial charge on any atom is 0.356 e. The molecule has 0 radical (unpaired) electrons. The number of carbonyl (C=O) groups is 1. The highest BCUT2D eigenvalue weighted by Gasteiger charge is 2.12. The molecule has 0 saturated heterocycles. The zero-order chi connectivity index (χ0) is 11.4. The van der Waals surface area contributed by atoms with Crippen molar-refractivity contribution in [3.63, 3.8) is 0 Å². The molecule has 6 nitrogen and oxygen atoms in total. The Kier molecular flexibility index (Phi) is 2.90. The number of nitrogens with one attached hydrogen (secondary N) is 1. The van der Waals surface area contributed by atoms with Crippen LogP contribution in [0.15, 0.2) is 24.5 Å². The first-order valence-electron chi connectivity index (χ1n) is 4.81. The molecule has 0 unspecified atom stereocenters. The fourth-order valence-electron chi connectivity index (χ4n) is 1.18. The monoisotopic (exact) mass is 218 g/mol. The van der Waals surface area contributed by atoms with Gasteiger partial charge in [0, 0.05) is 18.5 Å². The molecule has 0 aliphatic carbocycles. The Balaban J connectivity index is 2.23. The first-order valence-corrected chi connectivity index (χ1v) is 4.81. The van der Waals surface area contributed by atoms with Crippen molar-refractivity contribution < 1.29 is 9.53 Å². The van der Waals surface area contributed by atoms with Crippen molar-refractivity contribution in [2.24, 2.45) is 0 Å². The van der Waals surface area contributed by atoms with E-state index in [0.29, 0.717) is 23.8 Å².